The van der Waals surface area contributed by atoms with Crippen LogP contribution in [0.3, 0.4) is 0 Å². The number of carbonyl (C=O) groups excluding carboxylic acids is 1. The van der Waals surface area contributed by atoms with E-state index in [1.807, 2.05) is 0 Å². The third-order valence-electron chi connectivity index (χ3n) is 3.43. The highest BCUT2D eigenvalue weighted by atomic mass is 79.9. The van der Waals surface area contributed by atoms with E-state index in [2.05, 4.69) is 26.3 Å². The Morgan fingerprint density at radius 1 is 1.43 bits per heavy atom. The van der Waals surface area contributed by atoms with Gasteiger partial charge in [-0.25, -0.2) is 4.68 Å². The highest BCUT2D eigenvalue weighted by molar-refractivity contribution is 9.10. The number of fused-ring (bicyclic) bond motifs is 1. The van der Waals surface area contributed by atoms with Crippen molar-refractivity contribution in [2.75, 3.05) is 6.54 Å². The SMILES string of the molecule is O=C(NCCn1nc2c(cc1=O)CCC2)c1ccc(Br)o1. The van der Waals surface area contributed by atoms with Gasteiger partial charge in [0.05, 0.1) is 12.2 Å². The number of hydrogen-bond acceptors (Lipinski definition) is 4. The van der Waals surface area contributed by atoms with Gasteiger partial charge in [-0.2, -0.15) is 5.10 Å². The Kier molecular flexibility index (Phi) is 3.92. The van der Waals surface area contributed by atoms with E-state index in [1.165, 1.54) is 4.68 Å². The third-order valence-corrected chi connectivity index (χ3v) is 3.86. The average Bonchev–Trinajstić information content (AvgIpc) is 3.07. The molecule has 6 nitrogen and oxygen atoms in total. The fourth-order valence-electron chi connectivity index (χ4n) is 2.40. The molecule has 110 valence electrons. The molecule has 0 aromatic carbocycles. The maximum absolute atomic E-state index is 11.9. The number of carbonyl (C=O) groups is 1. The molecule has 1 aliphatic carbocycles. The fourth-order valence-corrected chi connectivity index (χ4v) is 2.70. The minimum Gasteiger partial charge on any atom is -0.444 e. The summed E-state index contributed by atoms with van der Waals surface area (Å²) in [5, 5.41) is 7.05. The number of aromatic nitrogens is 2. The quantitative estimate of drug-likeness (QED) is 0.905. The lowest BCUT2D eigenvalue weighted by molar-refractivity contribution is 0.0922. The molecule has 0 unspecified atom stereocenters. The van der Waals surface area contributed by atoms with E-state index in [-0.39, 0.29) is 17.2 Å². The van der Waals surface area contributed by atoms with Crippen molar-refractivity contribution in [3.05, 3.63) is 50.2 Å². The van der Waals surface area contributed by atoms with Crippen molar-refractivity contribution in [3.8, 4) is 0 Å². The van der Waals surface area contributed by atoms with Gasteiger partial charge in [-0.1, -0.05) is 0 Å². The smallest absolute Gasteiger partial charge is 0.287 e. The molecule has 2 heterocycles. The summed E-state index contributed by atoms with van der Waals surface area (Å²) in [6, 6.07) is 4.89. The van der Waals surface area contributed by atoms with Crippen molar-refractivity contribution >= 4 is 21.8 Å². The first-order valence-electron chi connectivity index (χ1n) is 6.77. The number of nitrogens with one attached hydrogen (secondary N) is 1. The zero-order valence-corrected chi connectivity index (χ0v) is 12.9. The standard InChI is InChI=1S/C14H14BrN3O3/c15-12-5-4-11(21-12)14(20)16-6-7-18-13(19)8-9-2-1-3-10(9)17-18/h4-5,8H,1-3,6-7H2,(H,16,20). The Bertz CT molecular complexity index is 735. The van der Waals surface area contributed by atoms with Crippen LogP contribution < -0.4 is 10.9 Å². The third kappa shape index (κ3) is 3.07. The molecule has 0 atom stereocenters. The molecule has 0 aliphatic heterocycles. The summed E-state index contributed by atoms with van der Waals surface area (Å²) in [6.45, 7) is 0.669. The Morgan fingerprint density at radius 2 is 2.29 bits per heavy atom. The van der Waals surface area contributed by atoms with E-state index >= 15 is 0 Å². The molecule has 0 spiro atoms. The van der Waals surface area contributed by atoms with Crippen LogP contribution in [0.1, 0.15) is 28.2 Å². The van der Waals surface area contributed by atoms with Crippen LogP contribution in [0.15, 0.2) is 32.1 Å². The lowest BCUT2D eigenvalue weighted by Gasteiger charge is -2.07. The summed E-state index contributed by atoms with van der Waals surface area (Å²) in [5.74, 6) is -0.0777. The van der Waals surface area contributed by atoms with E-state index in [9.17, 15) is 9.59 Å². The van der Waals surface area contributed by atoms with E-state index < -0.39 is 0 Å². The van der Waals surface area contributed by atoms with Gasteiger partial charge in [-0.05, 0) is 52.9 Å². The first kappa shape index (κ1) is 14.1. The summed E-state index contributed by atoms with van der Waals surface area (Å²) in [5.41, 5.74) is 1.93. The molecule has 3 rings (SSSR count). The molecule has 1 amide bonds. The normalized spacial score (nSPS) is 13.2. The first-order chi connectivity index (χ1) is 10.1. The maximum Gasteiger partial charge on any atom is 0.287 e. The number of aryl methyl sites for hydroxylation is 2. The van der Waals surface area contributed by atoms with Crippen molar-refractivity contribution < 1.29 is 9.21 Å². The lowest BCUT2D eigenvalue weighted by Crippen LogP contribution is -2.32. The van der Waals surface area contributed by atoms with Gasteiger partial charge in [-0.3, -0.25) is 9.59 Å². The second kappa shape index (κ2) is 5.85. The van der Waals surface area contributed by atoms with E-state index in [1.54, 1.807) is 18.2 Å². The molecule has 2 aromatic rings. The number of rotatable bonds is 4. The second-order valence-electron chi connectivity index (χ2n) is 4.89. The highest BCUT2D eigenvalue weighted by Gasteiger charge is 2.15. The molecule has 0 bridgehead atoms. The molecule has 7 heteroatoms. The zero-order chi connectivity index (χ0) is 14.8. The number of amides is 1. The fraction of sp³-hybridized carbons (Fsp3) is 0.357. The molecular formula is C14H14BrN3O3. The van der Waals surface area contributed by atoms with E-state index in [0.29, 0.717) is 17.8 Å². The van der Waals surface area contributed by atoms with Gasteiger partial charge in [0.1, 0.15) is 0 Å². The van der Waals surface area contributed by atoms with Crippen molar-refractivity contribution in [2.45, 2.75) is 25.8 Å². The molecule has 2 aromatic heterocycles. The molecule has 1 N–H and O–H groups in total. The average molecular weight is 352 g/mol. The molecule has 1 aliphatic rings. The van der Waals surface area contributed by atoms with Gasteiger partial charge in [-0.15, -0.1) is 0 Å². The van der Waals surface area contributed by atoms with E-state index in [0.717, 1.165) is 30.5 Å². The van der Waals surface area contributed by atoms with Crippen molar-refractivity contribution in [3.63, 3.8) is 0 Å². The Balaban J connectivity index is 1.61. The maximum atomic E-state index is 11.9. The molecule has 0 saturated heterocycles. The summed E-state index contributed by atoms with van der Waals surface area (Å²) in [4.78, 5) is 23.7. The summed E-state index contributed by atoms with van der Waals surface area (Å²) in [7, 11) is 0. The number of furan rings is 1. The Labute approximate surface area is 129 Å². The zero-order valence-electron chi connectivity index (χ0n) is 11.3. The van der Waals surface area contributed by atoms with Crippen LogP contribution in [0.4, 0.5) is 0 Å². The van der Waals surface area contributed by atoms with Crippen LogP contribution in [0, 0.1) is 0 Å². The van der Waals surface area contributed by atoms with Crippen LogP contribution in [0.2, 0.25) is 0 Å². The molecular weight excluding hydrogens is 338 g/mol. The van der Waals surface area contributed by atoms with Crippen molar-refractivity contribution in [1.29, 1.82) is 0 Å². The van der Waals surface area contributed by atoms with Crippen molar-refractivity contribution in [2.24, 2.45) is 0 Å². The Hall–Kier alpha value is -1.89. The highest BCUT2D eigenvalue weighted by Crippen LogP contribution is 2.17. The minimum absolute atomic E-state index is 0.120. The summed E-state index contributed by atoms with van der Waals surface area (Å²) < 4.78 is 7.06. The topological polar surface area (TPSA) is 77.1 Å². The number of hydrogen-bond donors (Lipinski definition) is 1. The first-order valence-corrected chi connectivity index (χ1v) is 7.56. The lowest BCUT2D eigenvalue weighted by atomic mass is 10.2. The van der Waals surface area contributed by atoms with Crippen LogP contribution in [-0.2, 0) is 19.4 Å². The van der Waals surface area contributed by atoms with Crippen LogP contribution in [-0.4, -0.2) is 22.2 Å². The van der Waals surface area contributed by atoms with Gasteiger partial charge in [0.2, 0.25) is 0 Å². The van der Waals surface area contributed by atoms with Gasteiger partial charge in [0.15, 0.2) is 10.4 Å². The number of halogens is 1. The number of nitrogens with zero attached hydrogens (tertiary/aromatic N) is 2. The predicted molar refractivity (Wildman–Crippen MR) is 79.3 cm³/mol. The molecule has 0 saturated carbocycles. The van der Waals surface area contributed by atoms with Gasteiger partial charge < -0.3 is 9.73 Å². The molecule has 0 radical (unpaired) electrons. The van der Waals surface area contributed by atoms with Crippen molar-refractivity contribution in [1.82, 2.24) is 15.1 Å². The monoisotopic (exact) mass is 351 g/mol. The minimum atomic E-state index is -0.310. The van der Waals surface area contributed by atoms with Crippen LogP contribution in [0.5, 0.6) is 0 Å². The van der Waals surface area contributed by atoms with Crippen LogP contribution >= 0.6 is 15.9 Å². The van der Waals surface area contributed by atoms with Crippen LogP contribution in [0.25, 0.3) is 0 Å². The summed E-state index contributed by atoms with van der Waals surface area (Å²) in [6.07, 6.45) is 2.90. The predicted octanol–water partition coefficient (Wildman–Crippen LogP) is 1.52. The second-order valence-corrected chi connectivity index (χ2v) is 5.67. The van der Waals surface area contributed by atoms with Gasteiger partial charge in [0, 0.05) is 12.6 Å². The Morgan fingerprint density at radius 3 is 3.05 bits per heavy atom. The van der Waals surface area contributed by atoms with Gasteiger partial charge in [0.25, 0.3) is 11.5 Å². The van der Waals surface area contributed by atoms with Gasteiger partial charge >= 0.3 is 0 Å². The largest absolute Gasteiger partial charge is 0.444 e. The molecule has 21 heavy (non-hydrogen) atoms. The molecule has 0 fully saturated rings. The summed E-state index contributed by atoms with van der Waals surface area (Å²) >= 11 is 3.14. The van der Waals surface area contributed by atoms with E-state index in [4.69, 9.17) is 4.42 Å².